The molecule has 1 amide bonds. The molecule has 0 radical (unpaired) electrons. The van der Waals surface area contributed by atoms with Crippen LogP contribution < -0.4 is 14.4 Å². The summed E-state index contributed by atoms with van der Waals surface area (Å²) >= 11 is 28.4. The molecule has 0 bridgehead atoms. The molecule has 1 fully saturated rings. The van der Waals surface area contributed by atoms with Gasteiger partial charge in [-0.05, 0) is 70.0 Å². The smallest absolute Gasteiger partial charge is 0.270 e. The number of amides is 1. The summed E-state index contributed by atoms with van der Waals surface area (Å²) in [6.07, 6.45) is 1.77. The fourth-order valence-corrected chi connectivity index (χ4v) is 5.34. The van der Waals surface area contributed by atoms with E-state index in [1.165, 1.54) is 16.7 Å². The van der Waals surface area contributed by atoms with E-state index in [4.69, 9.17) is 56.5 Å². The Balaban J connectivity index is 1.54. The number of carbonyl (C=O) groups is 1. The van der Waals surface area contributed by atoms with Crippen molar-refractivity contribution in [3.63, 3.8) is 0 Å². The monoisotopic (exact) mass is 613 g/mol. The van der Waals surface area contributed by atoms with E-state index in [0.29, 0.717) is 41.5 Å². The van der Waals surface area contributed by atoms with Gasteiger partial charge >= 0.3 is 0 Å². The normalized spacial score (nSPS) is 14.7. The van der Waals surface area contributed by atoms with Crippen LogP contribution in [-0.4, -0.2) is 17.3 Å². The molecule has 1 aliphatic heterocycles. The molecule has 3 aromatic carbocycles. The highest BCUT2D eigenvalue weighted by molar-refractivity contribution is 9.10. The third kappa shape index (κ3) is 5.56. The Labute approximate surface area is 229 Å². The predicted molar refractivity (Wildman–Crippen MR) is 149 cm³/mol. The van der Waals surface area contributed by atoms with Crippen LogP contribution in [0.15, 0.2) is 64.0 Å². The van der Waals surface area contributed by atoms with Gasteiger partial charge in [0.2, 0.25) is 0 Å². The number of ether oxygens (including phenoxy) is 2. The van der Waals surface area contributed by atoms with Crippen molar-refractivity contribution >= 4 is 96.7 Å². The first-order valence-corrected chi connectivity index (χ1v) is 12.9. The summed E-state index contributed by atoms with van der Waals surface area (Å²) in [6.45, 7) is 0.250. The van der Waals surface area contributed by atoms with Gasteiger partial charge in [0.05, 0.1) is 22.7 Å². The summed E-state index contributed by atoms with van der Waals surface area (Å²) in [7, 11) is 1.55. The van der Waals surface area contributed by atoms with Crippen LogP contribution in [0, 0.1) is 0 Å². The number of nitrogens with zero attached hydrogens (tertiary/aromatic N) is 1. The van der Waals surface area contributed by atoms with Crippen LogP contribution in [0.25, 0.3) is 6.08 Å². The van der Waals surface area contributed by atoms with Crippen molar-refractivity contribution in [1.82, 2.24) is 0 Å². The Bertz CT molecular complexity index is 1330. The highest BCUT2D eigenvalue weighted by Crippen LogP contribution is 2.39. The van der Waals surface area contributed by atoms with Gasteiger partial charge in [-0.3, -0.25) is 9.69 Å². The van der Waals surface area contributed by atoms with Gasteiger partial charge in [-0.2, -0.15) is 0 Å². The fraction of sp³-hybridized carbons (Fsp3) is 0.0833. The first-order chi connectivity index (χ1) is 16.3. The van der Waals surface area contributed by atoms with Crippen LogP contribution in [0.1, 0.15) is 11.1 Å². The summed E-state index contributed by atoms with van der Waals surface area (Å²) in [5, 5.41) is 1.58. The van der Waals surface area contributed by atoms with Crippen LogP contribution in [0.4, 0.5) is 5.69 Å². The summed E-state index contributed by atoms with van der Waals surface area (Å²) in [5.74, 6) is 0.849. The van der Waals surface area contributed by atoms with Crippen molar-refractivity contribution < 1.29 is 14.3 Å². The number of benzene rings is 3. The molecule has 3 aromatic rings. The van der Waals surface area contributed by atoms with Crippen molar-refractivity contribution in [2.24, 2.45) is 0 Å². The van der Waals surface area contributed by atoms with Gasteiger partial charge in [0.25, 0.3) is 5.91 Å². The van der Waals surface area contributed by atoms with Crippen molar-refractivity contribution in [2.75, 3.05) is 12.0 Å². The number of thiocarbonyl (C=S) groups is 1. The maximum atomic E-state index is 13.1. The molecule has 0 N–H and O–H groups in total. The third-order valence-electron chi connectivity index (χ3n) is 4.84. The van der Waals surface area contributed by atoms with Crippen molar-refractivity contribution in [3.05, 3.63) is 90.2 Å². The predicted octanol–water partition coefficient (Wildman–Crippen LogP) is 8.40. The molecule has 0 spiro atoms. The standard InChI is InChI=1S/C24H15BrCl3NO3S2/c1-31-21-8-13(2-7-20(21)32-12-14-3-4-15(26)10-18(14)27)9-22-23(30)29(24(33)34-22)16-5-6-17(25)19(28)11-16/h2-11H,12H2,1H3/b22-9+. The molecule has 1 aliphatic rings. The van der Waals surface area contributed by atoms with Gasteiger partial charge in [0.1, 0.15) is 6.61 Å². The van der Waals surface area contributed by atoms with E-state index >= 15 is 0 Å². The molecule has 0 aromatic heterocycles. The number of methoxy groups -OCH3 is 1. The van der Waals surface area contributed by atoms with Crippen LogP contribution in [-0.2, 0) is 11.4 Å². The van der Waals surface area contributed by atoms with Gasteiger partial charge < -0.3 is 9.47 Å². The highest BCUT2D eigenvalue weighted by atomic mass is 79.9. The molecule has 1 heterocycles. The molecule has 4 nitrogen and oxygen atoms in total. The van der Waals surface area contributed by atoms with Gasteiger partial charge in [-0.15, -0.1) is 0 Å². The molecular weight excluding hydrogens is 601 g/mol. The van der Waals surface area contributed by atoms with E-state index in [9.17, 15) is 4.79 Å². The average Bonchev–Trinajstić information content (AvgIpc) is 3.08. The Hall–Kier alpha value is -1.74. The molecule has 0 saturated carbocycles. The Kier molecular flexibility index (Phi) is 8.12. The van der Waals surface area contributed by atoms with Crippen LogP contribution in [0.3, 0.4) is 0 Å². The highest BCUT2D eigenvalue weighted by Gasteiger charge is 2.33. The average molecular weight is 616 g/mol. The number of halogens is 4. The minimum Gasteiger partial charge on any atom is -0.493 e. The number of hydrogen-bond acceptors (Lipinski definition) is 5. The quantitative estimate of drug-likeness (QED) is 0.206. The molecule has 10 heteroatoms. The Morgan fingerprint density at radius 2 is 1.82 bits per heavy atom. The number of hydrogen-bond donors (Lipinski definition) is 0. The summed E-state index contributed by atoms with van der Waals surface area (Å²) in [6, 6.07) is 15.9. The molecule has 0 unspecified atom stereocenters. The largest absolute Gasteiger partial charge is 0.493 e. The molecule has 174 valence electrons. The lowest BCUT2D eigenvalue weighted by Crippen LogP contribution is -2.27. The van der Waals surface area contributed by atoms with E-state index in [2.05, 4.69) is 15.9 Å². The van der Waals surface area contributed by atoms with Crippen molar-refractivity contribution in [2.45, 2.75) is 6.61 Å². The zero-order chi connectivity index (χ0) is 24.4. The van der Waals surface area contributed by atoms with Gasteiger partial charge in [0.15, 0.2) is 15.8 Å². The molecular formula is C24H15BrCl3NO3S2. The molecule has 4 rings (SSSR count). The van der Waals surface area contributed by atoms with Gasteiger partial charge in [-0.1, -0.05) is 70.9 Å². The lowest BCUT2D eigenvalue weighted by Gasteiger charge is -2.15. The van der Waals surface area contributed by atoms with Gasteiger partial charge in [0, 0.05) is 20.1 Å². The van der Waals surface area contributed by atoms with Crippen LogP contribution in [0.2, 0.25) is 15.1 Å². The summed E-state index contributed by atoms with van der Waals surface area (Å²) < 4.78 is 12.6. The van der Waals surface area contributed by atoms with Crippen molar-refractivity contribution in [3.8, 4) is 11.5 Å². The number of thioether (sulfide) groups is 1. The molecule has 1 saturated heterocycles. The third-order valence-corrected chi connectivity index (χ3v) is 7.96. The lowest BCUT2D eigenvalue weighted by atomic mass is 10.1. The Morgan fingerprint density at radius 1 is 1.03 bits per heavy atom. The zero-order valence-corrected chi connectivity index (χ0v) is 23.0. The SMILES string of the molecule is COc1cc(/C=C2/SC(=S)N(c3ccc(Br)c(Cl)c3)C2=O)ccc1OCc1ccc(Cl)cc1Cl. The van der Waals surface area contributed by atoms with Crippen LogP contribution in [0.5, 0.6) is 11.5 Å². The maximum Gasteiger partial charge on any atom is 0.270 e. The topological polar surface area (TPSA) is 38.8 Å². The van der Waals surface area contributed by atoms with Crippen molar-refractivity contribution in [1.29, 1.82) is 0 Å². The van der Waals surface area contributed by atoms with E-state index in [-0.39, 0.29) is 12.5 Å². The molecule has 0 aliphatic carbocycles. The number of carbonyl (C=O) groups excluding carboxylic acids is 1. The van der Waals surface area contributed by atoms with E-state index in [1.54, 1.807) is 55.7 Å². The summed E-state index contributed by atoms with van der Waals surface area (Å²) in [4.78, 5) is 15.0. The first-order valence-electron chi connectivity index (χ1n) is 9.74. The molecule has 0 atom stereocenters. The fourth-order valence-electron chi connectivity index (χ4n) is 3.15. The van der Waals surface area contributed by atoms with E-state index in [0.717, 1.165) is 15.6 Å². The molecule has 34 heavy (non-hydrogen) atoms. The van der Waals surface area contributed by atoms with Crippen LogP contribution >= 0.6 is 74.7 Å². The first kappa shape index (κ1) is 25.4. The minimum absolute atomic E-state index is 0.218. The number of anilines is 1. The van der Waals surface area contributed by atoms with Gasteiger partial charge in [-0.25, -0.2) is 0 Å². The zero-order valence-electron chi connectivity index (χ0n) is 17.5. The van der Waals surface area contributed by atoms with E-state index in [1.807, 2.05) is 12.1 Å². The number of rotatable bonds is 6. The maximum absolute atomic E-state index is 13.1. The summed E-state index contributed by atoms with van der Waals surface area (Å²) in [5.41, 5.74) is 2.18. The lowest BCUT2D eigenvalue weighted by molar-refractivity contribution is -0.113. The second-order valence-corrected chi connectivity index (χ2v) is 10.8. The minimum atomic E-state index is -0.218. The Morgan fingerprint density at radius 3 is 2.53 bits per heavy atom. The van der Waals surface area contributed by atoms with E-state index < -0.39 is 0 Å². The second kappa shape index (κ2) is 10.9. The second-order valence-electron chi connectivity index (χ2n) is 7.05.